The second kappa shape index (κ2) is 4.89. The first-order chi connectivity index (χ1) is 7.57. The number of aryl methyl sites for hydroxylation is 1. The zero-order chi connectivity index (χ0) is 12.1. The van der Waals surface area contributed by atoms with E-state index >= 15 is 0 Å². The Kier molecular flexibility index (Phi) is 3.56. The van der Waals surface area contributed by atoms with E-state index in [0.29, 0.717) is 5.56 Å². The van der Waals surface area contributed by atoms with Crippen LogP contribution in [-0.4, -0.2) is 17.4 Å². The maximum Gasteiger partial charge on any atom is 0.282 e. The Morgan fingerprint density at radius 3 is 2.88 bits per heavy atom. The third-order valence-corrected chi connectivity index (χ3v) is 2.00. The number of nitriles is 1. The first-order valence-corrected chi connectivity index (χ1v) is 4.47. The predicted octanol–water partition coefficient (Wildman–Crippen LogP) is 1.16. The number of carbonyl (C=O) groups is 1. The highest BCUT2D eigenvalue weighted by Crippen LogP contribution is 2.21. The Morgan fingerprint density at radius 1 is 1.62 bits per heavy atom. The molecule has 0 heterocycles. The summed E-state index contributed by atoms with van der Waals surface area (Å²) in [5.41, 5.74) is 0.253. The van der Waals surface area contributed by atoms with Gasteiger partial charge in [-0.05, 0) is 12.5 Å². The highest BCUT2D eigenvalue weighted by Gasteiger charge is 2.21. The Balaban J connectivity index is 3.16. The molecule has 1 aromatic carbocycles. The second-order valence-electron chi connectivity index (χ2n) is 3.07. The van der Waals surface area contributed by atoms with Crippen LogP contribution in [-0.2, 0) is 0 Å². The number of amides is 1. The van der Waals surface area contributed by atoms with Crippen molar-refractivity contribution >= 4 is 11.6 Å². The van der Waals surface area contributed by atoms with E-state index in [-0.39, 0.29) is 17.8 Å². The lowest BCUT2D eigenvalue weighted by Gasteiger charge is -2.05. The van der Waals surface area contributed by atoms with Crippen LogP contribution in [0.4, 0.5) is 5.69 Å². The summed E-state index contributed by atoms with van der Waals surface area (Å²) in [4.78, 5) is 21.7. The molecule has 0 saturated carbocycles. The third-order valence-electron chi connectivity index (χ3n) is 2.00. The van der Waals surface area contributed by atoms with Gasteiger partial charge in [0.15, 0.2) is 0 Å². The zero-order valence-electron chi connectivity index (χ0n) is 8.56. The number of hydrogen-bond donors (Lipinski definition) is 1. The fraction of sp³-hybridized carbons (Fsp3) is 0.200. The van der Waals surface area contributed by atoms with Gasteiger partial charge < -0.3 is 5.32 Å². The Labute approximate surface area is 91.6 Å². The molecule has 0 saturated heterocycles. The Bertz CT molecular complexity index is 477. The molecule has 0 bridgehead atoms. The molecule has 0 aliphatic heterocycles. The largest absolute Gasteiger partial charge is 0.339 e. The lowest BCUT2D eigenvalue weighted by atomic mass is 10.1. The van der Waals surface area contributed by atoms with Crippen molar-refractivity contribution < 1.29 is 9.72 Å². The molecule has 0 atom stereocenters. The van der Waals surface area contributed by atoms with E-state index in [1.54, 1.807) is 19.1 Å². The van der Waals surface area contributed by atoms with Crippen molar-refractivity contribution in [3.8, 4) is 6.07 Å². The van der Waals surface area contributed by atoms with E-state index in [1.807, 2.05) is 0 Å². The molecular weight excluding hydrogens is 210 g/mol. The van der Waals surface area contributed by atoms with Crippen LogP contribution in [0.5, 0.6) is 0 Å². The number of benzene rings is 1. The molecule has 0 aromatic heterocycles. The quantitative estimate of drug-likeness (QED) is 0.468. The SMILES string of the molecule is Cc1cccc([N+](=O)[O-])c1C(=O)NCC#N. The van der Waals surface area contributed by atoms with Crippen LogP contribution >= 0.6 is 0 Å². The summed E-state index contributed by atoms with van der Waals surface area (Å²) in [5, 5.41) is 21.3. The monoisotopic (exact) mass is 219 g/mol. The first kappa shape index (κ1) is 11.7. The van der Waals surface area contributed by atoms with Crippen LogP contribution in [0.1, 0.15) is 15.9 Å². The number of carbonyl (C=O) groups excluding carboxylic acids is 1. The lowest BCUT2D eigenvalue weighted by Crippen LogP contribution is -2.25. The maximum atomic E-state index is 11.6. The summed E-state index contributed by atoms with van der Waals surface area (Å²) >= 11 is 0. The van der Waals surface area contributed by atoms with Crippen molar-refractivity contribution in [2.75, 3.05) is 6.54 Å². The van der Waals surface area contributed by atoms with Gasteiger partial charge in [-0.25, -0.2) is 0 Å². The minimum atomic E-state index is -0.617. The maximum absolute atomic E-state index is 11.6. The van der Waals surface area contributed by atoms with E-state index in [9.17, 15) is 14.9 Å². The topological polar surface area (TPSA) is 96.0 Å². The molecule has 0 spiro atoms. The predicted molar refractivity (Wildman–Crippen MR) is 55.8 cm³/mol. The van der Waals surface area contributed by atoms with E-state index < -0.39 is 10.8 Å². The number of nitro benzene ring substituents is 1. The van der Waals surface area contributed by atoms with Gasteiger partial charge in [0.2, 0.25) is 0 Å². The van der Waals surface area contributed by atoms with Crippen molar-refractivity contribution in [3.05, 3.63) is 39.4 Å². The summed E-state index contributed by atoms with van der Waals surface area (Å²) in [5.74, 6) is -0.605. The van der Waals surface area contributed by atoms with Crippen molar-refractivity contribution in [2.45, 2.75) is 6.92 Å². The first-order valence-electron chi connectivity index (χ1n) is 4.47. The normalized spacial score (nSPS) is 9.25. The molecule has 1 rings (SSSR count). The molecule has 1 N–H and O–H groups in total. The summed E-state index contributed by atoms with van der Waals surface area (Å²) in [6, 6.07) is 6.11. The Morgan fingerprint density at radius 2 is 2.31 bits per heavy atom. The number of nitrogens with zero attached hydrogens (tertiary/aromatic N) is 2. The summed E-state index contributed by atoms with van der Waals surface area (Å²) < 4.78 is 0. The highest BCUT2D eigenvalue weighted by atomic mass is 16.6. The minimum Gasteiger partial charge on any atom is -0.339 e. The lowest BCUT2D eigenvalue weighted by molar-refractivity contribution is -0.385. The number of nitro groups is 1. The number of nitrogens with one attached hydrogen (secondary N) is 1. The summed E-state index contributed by atoms with van der Waals surface area (Å²) in [6.07, 6.45) is 0. The van der Waals surface area contributed by atoms with E-state index in [1.165, 1.54) is 12.1 Å². The minimum absolute atomic E-state index is 0.00255. The highest BCUT2D eigenvalue weighted by molar-refractivity contribution is 5.99. The molecular formula is C10H9N3O3. The van der Waals surface area contributed by atoms with E-state index in [4.69, 9.17) is 5.26 Å². The summed E-state index contributed by atoms with van der Waals surface area (Å²) in [6.45, 7) is 1.43. The van der Waals surface area contributed by atoms with Crippen LogP contribution in [0, 0.1) is 28.4 Å². The van der Waals surface area contributed by atoms with Crippen LogP contribution in [0.25, 0.3) is 0 Å². The molecule has 16 heavy (non-hydrogen) atoms. The molecule has 82 valence electrons. The van der Waals surface area contributed by atoms with E-state index in [0.717, 1.165) is 0 Å². The van der Waals surface area contributed by atoms with Crippen LogP contribution < -0.4 is 5.32 Å². The van der Waals surface area contributed by atoms with Gasteiger partial charge in [-0.1, -0.05) is 12.1 Å². The van der Waals surface area contributed by atoms with Gasteiger partial charge >= 0.3 is 0 Å². The van der Waals surface area contributed by atoms with Gasteiger partial charge in [-0.15, -0.1) is 0 Å². The summed E-state index contributed by atoms with van der Waals surface area (Å²) in [7, 11) is 0. The molecule has 0 aliphatic rings. The van der Waals surface area contributed by atoms with E-state index in [2.05, 4.69) is 5.32 Å². The van der Waals surface area contributed by atoms with Crippen molar-refractivity contribution in [1.29, 1.82) is 5.26 Å². The fourth-order valence-electron chi connectivity index (χ4n) is 1.31. The molecule has 1 aromatic rings. The van der Waals surface area contributed by atoms with Gasteiger partial charge in [0.05, 0.1) is 11.0 Å². The zero-order valence-corrected chi connectivity index (χ0v) is 8.56. The van der Waals surface area contributed by atoms with Crippen LogP contribution in [0.15, 0.2) is 18.2 Å². The molecule has 0 unspecified atom stereocenters. The van der Waals surface area contributed by atoms with Gasteiger partial charge in [-0.2, -0.15) is 5.26 Å². The molecule has 0 fully saturated rings. The average molecular weight is 219 g/mol. The standard InChI is InChI=1S/C10H9N3O3/c1-7-3-2-4-8(13(15)16)9(7)10(14)12-6-5-11/h2-4H,6H2,1H3,(H,12,14). The van der Waals surface area contributed by atoms with Gasteiger partial charge in [0.25, 0.3) is 11.6 Å². The molecule has 0 aliphatic carbocycles. The van der Waals surface area contributed by atoms with Crippen molar-refractivity contribution in [2.24, 2.45) is 0 Å². The molecule has 1 amide bonds. The van der Waals surface area contributed by atoms with Crippen LogP contribution in [0.2, 0.25) is 0 Å². The number of rotatable bonds is 3. The smallest absolute Gasteiger partial charge is 0.282 e. The second-order valence-corrected chi connectivity index (χ2v) is 3.07. The third kappa shape index (κ3) is 2.33. The molecule has 6 heteroatoms. The molecule has 0 radical (unpaired) electrons. The average Bonchev–Trinajstić information content (AvgIpc) is 2.25. The van der Waals surface area contributed by atoms with Gasteiger partial charge in [-0.3, -0.25) is 14.9 Å². The van der Waals surface area contributed by atoms with Crippen molar-refractivity contribution in [1.82, 2.24) is 5.32 Å². The Hall–Kier alpha value is -2.42. The van der Waals surface area contributed by atoms with Crippen molar-refractivity contribution in [3.63, 3.8) is 0 Å². The fourth-order valence-corrected chi connectivity index (χ4v) is 1.31. The van der Waals surface area contributed by atoms with Crippen LogP contribution in [0.3, 0.4) is 0 Å². The van der Waals surface area contributed by atoms with Gasteiger partial charge in [0, 0.05) is 6.07 Å². The van der Waals surface area contributed by atoms with Gasteiger partial charge in [0.1, 0.15) is 12.1 Å². The number of hydrogen-bond acceptors (Lipinski definition) is 4. The molecule has 6 nitrogen and oxygen atoms in total.